The van der Waals surface area contributed by atoms with Crippen LogP contribution < -0.4 is 10.1 Å². The monoisotopic (exact) mass is 297 g/mol. The summed E-state index contributed by atoms with van der Waals surface area (Å²) >= 11 is 0. The Morgan fingerprint density at radius 1 is 1.40 bits per heavy atom. The molecule has 0 heterocycles. The third-order valence-electron chi connectivity index (χ3n) is 3.92. The van der Waals surface area contributed by atoms with Crippen LogP contribution in [0.15, 0.2) is 18.2 Å². The minimum atomic E-state index is -3.04. The fourth-order valence-corrected chi connectivity index (χ4v) is 3.35. The summed E-state index contributed by atoms with van der Waals surface area (Å²) in [5.74, 6) is 0.906. The van der Waals surface area contributed by atoms with Crippen LogP contribution in [0.3, 0.4) is 0 Å². The first kappa shape index (κ1) is 15.3. The van der Waals surface area contributed by atoms with Gasteiger partial charge in [-0.3, -0.25) is 0 Å². The van der Waals surface area contributed by atoms with E-state index in [0.29, 0.717) is 6.04 Å². The molecule has 4 nitrogen and oxygen atoms in total. The van der Waals surface area contributed by atoms with Gasteiger partial charge in [0.1, 0.15) is 12.4 Å². The summed E-state index contributed by atoms with van der Waals surface area (Å²) in [4.78, 5) is 0. The number of fused-ring (bicyclic) bond motifs is 1. The van der Waals surface area contributed by atoms with Gasteiger partial charge < -0.3 is 10.1 Å². The zero-order chi connectivity index (χ0) is 14.8. The van der Waals surface area contributed by atoms with Crippen molar-refractivity contribution >= 4 is 9.84 Å². The smallest absolute Gasteiger partial charge is 0.155 e. The number of hydrogen-bond acceptors (Lipinski definition) is 4. The molecule has 0 amide bonds. The normalized spacial score (nSPS) is 18.3. The molecule has 0 saturated heterocycles. The Labute approximate surface area is 121 Å². The van der Waals surface area contributed by atoms with Gasteiger partial charge in [-0.2, -0.15) is 0 Å². The standard InChI is InChI=1S/C15H23NO3S/c1-11(2)20(17,18)10-9-19-15-6-4-5-12-13(15)7-8-14(12)16-3/h4-6,11,14,16H,7-10H2,1-3H3. The van der Waals surface area contributed by atoms with E-state index < -0.39 is 9.84 Å². The molecule has 0 aliphatic heterocycles. The molecule has 2 rings (SSSR count). The maximum absolute atomic E-state index is 11.8. The second-order valence-corrected chi connectivity index (χ2v) is 8.14. The highest BCUT2D eigenvalue weighted by Gasteiger charge is 2.24. The van der Waals surface area contributed by atoms with E-state index in [2.05, 4.69) is 11.4 Å². The third-order valence-corrected chi connectivity index (χ3v) is 6.09. The van der Waals surface area contributed by atoms with Crippen molar-refractivity contribution in [2.45, 2.75) is 38.0 Å². The molecule has 1 aliphatic carbocycles. The summed E-state index contributed by atoms with van der Waals surface area (Å²) < 4.78 is 29.2. The summed E-state index contributed by atoms with van der Waals surface area (Å²) in [7, 11) is -1.07. The average molecular weight is 297 g/mol. The molecule has 1 unspecified atom stereocenters. The van der Waals surface area contributed by atoms with Gasteiger partial charge in [-0.1, -0.05) is 12.1 Å². The second-order valence-electron chi connectivity index (χ2n) is 5.47. The number of sulfone groups is 1. The lowest BCUT2D eigenvalue weighted by Crippen LogP contribution is -2.22. The largest absolute Gasteiger partial charge is 0.492 e. The number of rotatable bonds is 6. The Morgan fingerprint density at radius 2 is 2.15 bits per heavy atom. The fraction of sp³-hybridized carbons (Fsp3) is 0.600. The molecule has 112 valence electrons. The molecule has 1 atom stereocenters. The maximum atomic E-state index is 11.8. The van der Waals surface area contributed by atoms with Crippen LogP contribution in [-0.2, 0) is 16.3 Å². The maximum Gasteiger partial charge on any atom is 0.155 e. The van der Waals surface area contributed by atoms with Crippen LogP contribution in [0.1, 0.15) is 37.4 Å². The fourth-order valence-electron chi connectivity index (χ4n) is 2.56. The van der Waals surface area contributed by atoms with E-state index in [1.807, 2.05) is 19.2 Å². The van der Waals surface area contributed by atoms with Crippen molar-refractivity contribution in [2.24, 2.45) is 0 Å². The number of benzene rings is 1. The minimum absolute atomic E-state index is 0.0732. The highest BCUT2D eigenvalue weighted by atomic mass is 32.2. The minimum Gasteiger partial charge on any atom is -0.492 e. The van der Waals surface area contributed by atoms with E-state index >= 15 is 0 Å². The van der Waals surface area contributed by atoms with Crippen LogP contribution in [0.25, 0.3) is 0 Å². The summed E-state index contributed by atoms with van der Waals surface area (Å²) in [6.45, 7) is 3.63. The molecule has 1 aromatic carbocycles. The van der Waals surface area contributed by atoms with Crippen molar-refractivity contribution in [3.63, 3.8) is 0 Å². The SMILES string of the molecule is CNC1CCc2c(OCCS(=O)(=O)C(C)C)cccc21. The zero-order valence-electron chi connectivity index (χ0n) is 12.3. The molecule has 0 radical (unpaired) electrons. The highest BCUT2D eigenvalue weighted by molar-refractivity contribution is 7.91. The molecule has 0 saturated carbocycles. The lowest BCUT2D eigenvalue weighted by atomic mass is 10.1. The van der Waals surface area contributed by atoms with Gasteiger partial charge in [0.15, 0.2) is 9.84 Å². The van der Waals surface area contributed by atoms with Crippen molar-refractivity contribution in [1.82, 2.24) is 5.32 Å². The Balaban J connectivity index is 2.04. The van der Waals surface area contributed by atoms with Gasteiger partial charge in [0, 0.05) is 6.04 Å². The number of ether oxygens (including phenoxy) is 1. The predicted octanol–water partition coefficient (Wildman–Crippen LogP) is 2.10. The number of nitrogens with one attached hydrogen (secondary N) is 1. The van der Waals surface area contributed by atoms with Crippen molar-refractivity contribution in [2.75, 3.05) is 19.4 Å². The Morgan fingerprint density at radius 3 is 2.80 bits per heavy atom. The first-order valence-electron chi connectivity index (χ1n) is 7.09. The zero-order valence-corrected chi connectivity index (χ0v) is 13.2. The summed E-state index contributed by atoms with van der Waals surface area (Å²) in [6, 6.07) is 6.40. The van der Waals surface area contributed by atoms with E-state index in [0.717, 1.165) is 18.6 Å². The molecule has 5 heteroatoms. The Kier molecular flexibility index (Phi) is 4.70. The molecule has 1 aliphatic rings. The van der Waals surface area contributed by atoms with E-state index in [4.69, 9.17) is 4.74 Å². The average Bonchev–Trinajstić information content (AvgIpc) is 2.82. The van der Waals surface area contributed by atoms with E-state index in [-0.39, 0.29) is 17.6 Å². The Hall–Kier alpha value is -1.07. The summed E-state index contributed by atoms with van der Waals surface area (Å²) in [5.41, 5.74) is 2.49. The predicted molar refractivity (Wildman–Crippen MR) is 81.0 cm³/mol. The topological polar surface area (TPSA) is 55.4 Å². The van der Waals surface area contributed by atoms with Crippen LogP contribution >= 0.6 is 0 Å². The quantitative estimate of drug-likeness (QED) is 0.873. The van der Waals surface area contributed by atoms with Crippen molar-refractivity contribution < 1.29 is 13.2 Å². The summed E-state index contributed by atoms with van der Waals surface area (Å²) in [5, 5.41) is 2.95. The van der Waals surface area contributed by atoms with Crippen LogP contribution in [0.5, 0.6) is 5.75 Å². The van der Waals surface area contributed by atoms with E-state index in [1.54, 1.807) is 13.8 Å². The van der Waals surface area contributed by atoms with Gasteiger partial charge in [-0.25, -0.2) is 8.42 Å². The molecule has 0 spiro atoms. The molecule has 0 fully saturated rings. The Bertz CT molecular complexity index is 566. The van der Waals surface area contributed by atoms with Gasteiger partial charge >= 0.3 is 0 Å². The van der Waals surface area contributed by atoms with E-state index in [1.165, 1.54) is 11.1 Å². The lowest BCUT2D eigenvalue weighted by molar-refractivity contribution is 0.337. The van der Waals surface area contributed by atoms with Gasteiger partial charge in [-0.05, 0) is 50.9 Å². The number of hydrogen-bond donors (Lipinski definition) is 1. The van der Waals surface area contributed by atoms with Gasteiger partial charge in [0.25, 0.3) is 0 Å². The molecular formula is C15H23NO3S. The molecule has 0 bridgehead atoms. The molecule has 20 heavy (non-hydrogen) atoms. The first-order valence-corrected chi connectivity index (χ1v) is 8.80. The van der Waals surface area contributed by atoms with Crippen molar-refractivity contribution in [3.05, 3.63) is 29.3 Å². The van der Waals surface area contributed by atoms with Crippen molar-refractivity contribution in [3.8, 4) is 5.75 Å². The van der Waals surface area contributed by atoms with Gasteiger partial charge in [0.05, 0.1) is 11.0 Å². The molecule has 1 N–H and O–H groups in total. The van der Waals surface area contributed by atoms with Crippen molar-refractivity contribution in [1.29, 1.82) is 0 Å². The molecule has 1 aromatic rings. The van der Waals surface area contributed by atoms with Gasteiger partial charge in [-0.15, -0.1) is 0 Å². The highest BCUT2D eigenvalue weighted by Crippen LogP contribution is 2.36. The third kappa shape index (κ3) is 3.15. The van der Waals surface area contributed by atoms with Crippen LogP contribution in [-0.4, -0.2) is 33.1 Å². The van der Waals surface area contributed by atoms with E-state index in [9.17, 15) is 8.42 Å². The first-order chi connectivity index (χ1) is 9.45. The second kappa shape index (κ2) is 6.14. The summed E-state index contributed by atoms with van der Waals surface area (Å²) in [6.07, 6.45) is 2.05. The van der Waals surface area contributed by atoms with Gasteiger partial charge in [0.2, 0.25) is 0 Å². The molecular weight excluding hydrogens is 274 g/mol. The van der Waals surface area contributed by atoms with Crippen LogP contribution in [0, 0.1) is 0 Å². The molecule has 0 aromatic heterocycles. The van der Waals surface area contributed by atoms with Crippen LogP contribution in [0.4, 0.5) is 0 Å². The van der Waals surface area contributed by atoms with Crippen LogP contribution in [0.2, 0.25) is 0 Å². The lowest BCUT2D eigenvalue weighted by Gasteiger charge is -2.14.